The minimum absolute atomic E-state index is 0.566. The number of nitrogens with zero attached hydrogens (tertiary/aromatic N) is 1. The molecule has 3 fully saturated rings. The molecule has 0 aromatic heterocycles. The number of ether oxygens (including phenoxy) is 1. The quantitative estimate of drug-likeness (QED) is 0.683. The lowest BCUT2D eigenvalue weighted by molar-refractivity contribution is -0.0558. The van der Waals surface area contributed by atoms with Gasteiger partial charge in [0.15, 0.2) is 0 Å². The van der Waals surface area contributed by atoms with Crippen LogP contribution in [0.3, 0.4) is 0 Å². The summed E-state index contributed by atoms with van der Waals surface area (Å²) in [5.41, 5.74) is 0. The first-order valence-electron chi connectivity index (χ1n) is 8.52. The molecular weight excluding hydrogens is 236 g/mol. The second-order valence-electron chi connectivity index (χ2n) is 6.59. The van der Waals surface area contributed by atoms with Crippen molar-refractivity contribution in [3.05, 3.63) is 0 Å². The van der Waals surface area contributed by atoms with Gasteiger partial charge in [0.25, 0.3) is 0 Å². The molecule has 0 radical (unpaired) electrons. The second-order valence-corrected chi connectivity index (χ2v) is 6.59. The molecule has 110 valence electrons. The molecule has 1 saturated heterocycles. The average molecular weight is 266 g/mol. The molecule has 0 aromatic rings. The van der Waals surface area contributed by atoms with Gasteiger partial charge in [-0.15, -0.1) is 0 Å². The van der Waals surface area contributed by atoms with E-state index in [9.17, 15) is 0 Å². The fourth-order valence-electron chi connectivity index (χ4n) is 3.67. The smallest absolute Gasteiger partial charge is 0.0730 e. The van der Waals surface area contributed by atoms with Crippen molar-refractivity contribution in [2.75, 3.05) is 26.2 Å². The normalized spacial score (nSPS) is 31.6. The van der Waals surface area contributed by atoms with Crippen LogP contribution in [-0.2, 0) is 4.74 Å². The highest BCUT2D eigenvalue weighted by molar-refractivity contribution is 4.89. The zero-order chi connectivity index (χ0) is 12.9. The zero-order valence-corrected chi connectivity index (χ0v) is 12.3. The van der Waals surface area contributed by atoms with Crippen LogP contribution in [0.15, 0.2) is 0 Å². The number of unbranched alkanes of at least 4 members (excludes halogenated alkanes) is 3. The predicted octanol–water partition coefficient (Wildman–Crippen LogP) is 2.55. The van der Waals surface area contributed by atoms with Crippen LogP contribution in [0.5, 0.6) is 0 Å². The molecule has 2 saturated carbocycles. The maximum absolute atomic E-state index is 5.87. The molecule has 1 N–H and O–H groups in total. The molecule has 3 rings (SSSR count). The number of hydrogen-bond donors (Lipinski definition) is 1. The lowest BCUT2D eigenvalue weighted by atomic mass is 10.1. The van der Waals surface area contributed by atoms with Crippen molar-refractivity contribution in [3.8, 4) is 0 Å². The second kappa shape index (κ2) is 7.05. The molecule has 2 unspecified atom stereocenters. The largest absolute Gasteiger partial charge is 0.375 e. The third kappa shape index (κ3) is 4.17. The number of morpholine rings is 1. The van der Waals surface area contributed by atoms with E-state index in [0.717, 1.165) is 18.7 Å². The van der Waals surface area contributed by atoms with E-state index in [1.807, 2.05) is 0 Å². The van der Waals surface area contributed by atoms with E-state index >= 15 is 0 Å². The summed E-state index contributed by atoms with van der Waals surface area (Å²) < 4.78 is 5.87. The van der Waals surface area contributed by atoms with Crippen molar-refractivity contribution < 1.29 is 4.74 Å². The molecular formula is C16H30N2O. The van der Waals surface area contributed by atoms with Crippen molar-refractivity contribution in [1.82, 2.24) is 10.2 Å². The van der Waals surface area contributed by atoms with Crippen LogP contribution in [-0.4, -0.2) is 49.3 Å². The maximum atomic E-state index is 5.87. The first-order chi connectivity index (χ1) is 9.43. The SMILES string of the molecule is C(CCCN1CCOC2CCCC21)CCNC1CC1. The fraction of sp³-hybridized carbons (Fsp3) is 1.00. The molecule has 1 heterocycles. The summed E-state index contributed by atoms with van der Waals surface area (Å²) in [6.45, 7) is 4.68. The average Bonchev–Trinajstić information content (AvgIpc) is 3.12. The first-order valence-corrected chi connectivity index (χ1v) is 8.52. The lowest BCUT2D eigenvalue weighted by Crippen LogP contribution is -2.48. The monoisotopic (exact) mass is 266 g/mol. The van der Waals surface area contributed by atoms with Gasteiger partial charge in [-0.3, -0.25) is 4.90 Å². The summed E-state index contributed by atoms with van der Waals surface area (Å²) in [6, 6.07) is 1.64. The third-order valence-electron chi connectivity index (χ3n) is 4.98. The molecule has 0 amide bonds. The highest BCUT2D eigenvalue weighted by Gasteiger charge is 2.35. The Bertz CT molecular complexity index is 267. The Balaban J connectivity index is 1.23. The summed E-state index contributed by atoms with van der Waals surface area (Å²) in [6.07, 6.45) is 13.0. The molecule has 2 atom stereocenters. The van der Waals surface area contributed by atoms with Crippen molar-refractivity contribution in [2.45, 2.75) is 76.0 Å². The highest BCUT2D eigenvalue weighted by atomic mass is 16.5. The number of hydrogen-bond acceptors (Lipinski definition) is 3. The molecule has 3 heteroatoms. The standard InChI is InChI=1S/C16H30N2O/c1(3-10-17-14-8-9-14)2-4-11-18-12-13-19-16-7-5-6-15(16)18/h14-17H,1-13H2. The van der Waals surface area contributed by atoms with Gasteiger partial charge in [0.1, 0.15) is 0 Å². The van der Waals surface area contributed by atoms with Crippen molar-refractivity contribution >= 4 is 0 Å². The van der Waals surface area contributed by atoms with E-state index in [1.165, 1.54) is 77.4 Å². The Kier molecular flexibility index (Phi) is 5.14. The van der Waals surface area contributed by atoms with E-state index in [4.69, 9.17) is 4.74 Å². The molecule has 2 aliphatic carbocycles. The number of fused-ring (bicyclic) bond motifs is 1. The summed E-state index contributed by atoms with van der Waals surface area (Å²) in [5, 5.41) is 3.60. The van der Waals surface area contributed by atoms with Gasteiger partial charge in [0.05, 0.1) is 12.7 Å². The van der Waals surface area contributed by atoms with Crippen LogP contribution in [0, 0.1) is 0 Å². The summed E-state index contributed by atoms with van der Waals surface area (Å²) in [7, 11) is 0. The molecule has 0 spiro atoms. The summed E-state index contributed by atoms with van der Waals surface area (Å²) in [4.78, 5) is 2.71. The van der Waals surface area contributed by atoms with Gasteiger partial charge < -0.3 is 10.1 Å². The lowest BCUT2D eigenvalue weighted by Gasteiger charge is -2.37. The van der Waals surface area contributed by atoms with Crippen molar-refractivity contribution in [3.63, 3.8) is 0 Å². The molecule has 1 aliphatic heterocycles. The molecule has 3 nitrogen and oxygen atoms in total. The van der Waals surface area contributed by atoms with Gasteiger partial charge in [0, 0.05) is 18.6 Å². The molecule has 3 aliphatic rings. The Morgan fingerprint density at radius 3 is 2.79 bits per heavy atom. The summed E-state index contributed by atoms with van der Waals surface area (Å²) in [5.74, 6) is 0. The molecule has 0 aromatic carbocycles. The van der Waals surface area contributed by atoms with Crippen molar-refractivity contribution in [1.29, 1.82) is 0 Å². The van der Waals surface area contributed by atoms with Gasteiger partial charge in [-0.1, -0.05) is 12.8 Å². The van der Waals surface area contributed by atoms with E-state index in [0.29, 0.717) is 6.10 Å². The van der Waals surface area contributed by atoms with Gasteiger partial charge in [0.2, 0.25) is 0 Å². The highest BCUT2D eigenvalue weighted by Crippen LogP contribution is 2.29. The minimum atomic E-state index is 0.566. The Hall–Kier alpha value is -0.120. The maximum Gasteiger partial charge on any atom is 0.0730 e. The Morgan fingerprint density at radius 1 is 1.00 bits per heavy atom. The molecule has 19 heavy (non-hydrogen) atoms. The van der Waals surface area contributed by atoms with E-state index in [2.05, 4.69) is 10.2 Å². The van der Waals surface area contributed by atoms with Crippen molar-refractivity contribution in [2.24, 2.45) is 0 Å². The third-order valence-corrected chi connectivity index (χ3v) is 4.98. The van der Waals surface area contributed by atoms with Crippen LogP contribution >= 0.6 is 0 Å². The van der Waals surface area contributed by atoms with Crippen LogP contribution in [0.2, 0.25) is 0 Å². The predicted molar refractivity (Wildman–Crippen MR) is 78.4 cm³/mol. The van der Waals surface area contributed by atoms with Gasteiger partial charge in [-0.2, -0.15) is 0 Å². The van der Waals surface area contributed by atoms with Gasteiger partial charge in [-0.25, -0.2) is 0 Å². The number of rotatable bonds is 8. The molecule has 0 bridgehead atoms. The first kappa shape index (κ1) is 13.8. The topological polar surface area (TPSA) is 24.5 Å². The summed E-state index contributed by atoms with van der Waals surface area (Å²) >= 11 is 0. The van der Waals surface area contributed by atoms with Crippen LogP contribution in [0.4, 0.5) is 0 Å². The van der Waals surface area contributed by atoms with Gasteiger partial charge in [-0.05, 0) is 58.0 Å². The van der Waals surface area contributed by atoms with E-state index in [-0.39, 0.29) is 0 Å². The van der Waals surface area contributed by atoms with Crippen LogP contribution < -0.4 is 5.32 Å². The van der Waals surface area contributed by atoms with E-state index < -0.39 is 0 Å². The Labute approximate surface area is 118 Å². The fourth-order valence-corrected chi connectivity index (χ4v) is 3.67. The van der Waals surface area contributed by atoms with Crippen LogP contribution in [0.25, 0.3) is 0 Å². The van der Waals surface area contributed by atoms with E-state index in [1.54, 1.807) is 0 Å². The van der Waals surface area contributed by atoms with Gasteiger partial charge >= 0.3 is 0 Å². The Morgan fingerprint density at radius 2 is 1.89 bits per heavy atom. The zero-order valence-electron chi connectivity index (χ0n) is 12.3. The van der Waals surface area contributed by atoms with Crippen LogP contribution in [0.1, 0.15) is 57.8 Å². The minimum Gasteiger partial charge on any atom is -0.375 e. The number of nitrogens with one attached hydrogen (secondary N) is 1.